The molecule has 8 heteroatoms. The van der Waals surface area contributed by atoms with E-state index in [2.05, 4.69) is 0 Å². The van der Waals surface area contributed by atoms with Crippen molar-refractivity contribution in [3.63, 3.8) is 0 Å². The van der Waals surface area contributed by atoms with Crippen LogP contribution >= 0.6 is 0 Å². The second-order valence-electron chi connectivity index (χ2n) is 4.89. The number of alkyl halides is 2. The molecule has 0 radical (unpaired) electrons. The summed E-state index contributed by atoms with van der Waals surface area (Å²) in [6, 6.07) is 2.94. The first-order valence-corrected chi connectivity index (χ1v) is 6.45. The number of hydrogen-bond donors (Lipinski definition) is 1. The quantitative estimate of drug-likeness (QED) is 0.667. The summed E-state index contributed by atoms with van der Waals surface area (Å²) >= 11 is 0. The number of nitro benzene ring substituents is 1. The number of anilines is 1. The normalized spacial score (nSPS) is 18.2. The van der Waals surface area contributed by atoms with Crippen molar-refractivity contribution < 1.29 is 23.6 Å². The van der Waals surface area contributed by atoms with E-state index in [0.29, 0.717) is 19.4 Å². The van der Waals surface area contributed by atoms with Gasteiger partial charge in [0.2, 0.25) is 0 Å². The van der Waals surface area contributed by atoms with Gasteiger partial charge < -0.3 is 10.0 Å². The molecule has 0 saturated carbocycles. The Kier molecular flexibility index (Phi) is 4.35. The van der Waals surface area contributed by atoms with E-state index in [0.717, 1.165) is 12.1 Å². The van der Waals surface area contributed by atoms with Crippen molar-refractivity contribution in [2.75, 3.05) is 11.4 Å². The molecule has 1 unspecified atom stereocenters. The summed E-state index contributed by atoms with van der Waals surface area (Å²) in [6.45, 7) is 0.468. The maximum absolute atomic E-state index is 13.1. The molecular weight excluding hydrogens is 286 g/mol. The highest BCUT2D eigenvalue weighted by Gasteiger charge is 2.30. The number of halogens is 2. The summed E-state index contributed by atoms with van der Waals surface area (Å²) in [5.41, 5.74) is -0.649. The Balaban J connectivity index is 2.38. The molecule has 0 spiro atoms. The van der Waals surface area contributed by atoms with E-state index in [1.807, 2.05) is 0 Å². The SMILES string of the molecule is O=C(O)CC1CCCN1c1ccc([N+](=O)[O-])cc1C(F)F. The Morgan fingerprint density at radius 1 is 1.52 bits per heavy atom. The van der Waals surface area contributed by atoms with Gasteiger partial charge in [-0.15, -0.1) is 0 Å². The Morgan fingerprint density at radius 2 is 2.24 bits per heavy atom. The lowest BCUT2D eigenvalue weighted by Gasteiger charge is -2.27. The first-order valence-electron chi connectivity index (χ1n) is 6.45. The molecule has 0 aliphatic carbocycles. The molecule has 6 nitrogen and oxygen atoms in total. The molecule has 1 heterocycles. The fraction of sp³-hybridized carbons (Fsp3) is 0.462. The summed E-state index contributed by atoms with van der Waals surface area (Å²) in [5.74, 6) is -0.993. The van der Waals surface area contributed by atoms with E-state index in [1.165, 1.54) is 6.07 Å². The van der Waals surface area contributed by atoms with Gasteiger partial charge in [-0.25, -0.2) is 8.78 Å². The Labute approximate surface area is 119 Å². The molecule has 0 bridgehead atoms. The van der Waals surface area contributed by atoms with E-state index >= 15 is 0 Å². The summed E-state index contributed by atoms with van der Waals surface area (Å²) in [5, 5.41) is 19.6. The largest absolute Gasteiger partial charge is 0.481 e. The number of nitrogens with zero attached hydrogens (tertiary/aromatic N) is 2. The third-order valence-electron chi connectivity index (χ3n) is 3.55. The van der Waals surface area contributed by atoms with Gasteiger partial charge in [0, 0.05) is 36.0 Å². The van der Waals surface area contributed by atoms with Crippen molar-refractivity contribution in [1.82, 2.24) is 0 Å². The first kappa shape index (κ1) is 15.1. The van der Waals surface area contributed by atoms with Crippen LogP contribution in [0.15, 0.2) is 18.2 Å². The standard InChI is InChI=1S/C13H14F2N2O4/c14-13(15)10-6-9(17(20)21)3-4-11(10)16-5-1-2-8(16)7-12(18)19/h3-4,6,8,13H,1-2,5,7H2,(H,18,19). The van der Waals surface area contributed by atoms with Gasteiger partial charge in [0.25, 0.3) is 12.1 Å². The van der Waals surface area contributed by atoms with Gasteiger partial charge in [-0.05, 0) is 18.9 Å². The zero-order chi connectivity index (χ0) is 15.6. The first-order chi connectivity index (χ1) is 9.90. The molecule has 114 valence electrons. The zero-order valence-corrected chi connectivity index (χ0v) is 11.0. The van der Waals surface area contributed by atoms with Crippen LogP contribution in [0.25, 0.3) is 0 Å². The maximum atomic E-state index is 13.1. The highest BCUT2D eigenvalue weighted by molar-refractivity contribution is 5.69. The molecule has 21 heavy (non-hydrogen) atoms. The van der Waals surface area contributed by atoms with Crippen LogP contribution in [0, 0.1) is 10.1 Å². The van der Waals surface area contributed by atoms with Gasteiger partial charge in [0.15, 0.2) is 0 Å². The number of non-ortho nitro benzene ring substituents is 1. The molecule has 1 N–H and O–H groups in total. The lowest BCUT2D eigenvalue weighted by Crippen LogP contribution is -2.32. The number of carboxylic acids is 1. The van der Waals surface area contributed by atoms with E-state index < -0.39 is 28.6 Å². The molecule has 1 aliphatic rings. The van der Waals surface area contributed by atoms with Crippen LogP contribution in [-0.4, -0.2) is 28.6 Å². The summed E-state index contributed by atoms with van der Waals surface area (Å²) in [7, 11) is 0. The number of benzene rings is 1. The van der Waals surface area contributed by atoms with Gasteiger partial charge in [-0.1, -0.05) is 0 Å². The van der Waals surface area contributed by atoms with Crippen LogP contribution < -0.4 is 4.90 Å². The van der Waals surface area contributed by atoms with Gasteiger partial charge in [0.05, 0.1) is 11.3 Å². The second-order valence-corrected chi connectivity index (χ2v) is 4.89. The van der Waals surface area contributed by atoms with Crippen LogP contribution in [-0.2, 0) is 4.79 Å². The molecule has 1 aromatic carbocycles. The van der Waals surface area contributed by atoms with Gasteiger partial charge >= 0.3 is 5.97 Å². The number of rotatable bonds is 5. The molecule has 0 aromatic heterocycles. The summed E-state index contributed by atoms with van der Waals surface area (Å²) in [4.78, 5) is 22.4. The van der Waals surface area contributed by atoms with Crippen molar-refractivity contribution >= 4 is 17.3 Å². The lowest BCUT2D eigenvalue weighted by molar-refractivity contribution is -0.385. The Hall–Kier alpha value is -2.25. The molecule has 1 fully saturated rings. The molecular formula is C13H14F2N2O4. The predicted molar refractivity (Wildman–Crippen MR) is 70.7 cm³/mol. The van der Waals surface area contributed by atoms with Crippen molar-refractivity contribution in [3.05, 3.63) is 33.9 Å². The van der Waals surface area contributed by atoms with Crippen LogP contribution in [0.1, 0.15) is 31.3 Å². The molecule has 1 saturated heterocycles. The third kappa shape index (κ3) is 3.26. The van der Waals surface area contributed by atoms with E-state index in [1.54, 1.807) is 4.90 Å². The van der Waals surface area contributed by atoms with Crippen molar-refractivity contribution in [1.29, 1.82) is 0 Å². The highest BCUT2D eigenvalue weighted by Crippen LogP contribution is 2.37. The number of carboxylic acid groups (broad SMARTS) is 1. The van der Waals surface area contributed by atoms with Gasteiger partial charge in [-0.3, -0.25) is 14.9 Å². The fourth-order valence-corrected chi connectivity index (χ4v) is 2.66. The van der Waals surface area contributed by atoms with Gasteiger partial charge in [-0.2, -0.15) is 0 Å². The zero-order valence-electron chi connectivity index (χ0n) is 11.0. The van der Waals surface area contributed by atoms with E-state index in [9.17, 15) is 23.7 Å². The minimum absolute atomic E-state index is 0.139. The Bertz CT molecular complexity index is 565. The third-order valence-corrected chi connectivity index (χ3v) is 3.55. The lowest BCUT2D eigenvalue weighted by atomic mass is 10.1. The highest BCUT2D eigenvalue weighted by atomic mass is 19.3. The van der Waals surface area contributed by atoms with Crippen LogP contribution in [0.4, 0.5) is 20.2 Å². The van der Waals surface area contributed by atoms with Crippen molar-refractivity contribution in [2.45, 2.75) is 31.7 Å². The monoisotopic (exact) mass is 300 g/mol. The molecule has 0 amide bonds. The van der Waals surface area contributed by atoms with E-state index in [-0.39, 0.29) is 18.2 Å². The average molecular weight is 300 g/mol. The predicted octanol–water partition coefficient (Wildman–Crippen LogP) is 2.98. The smallest absolute Gasteiger partial charge is 0.305 e. The molecule has 1 atom stereocenters. The van der Waals surface area contributed by atoms with E-state index in [4.69, 9.17) is 5.11 Å². The topological polar surface area (TPSA) is 83.7 Å². The summed E-state index contributed by atoms with van der Waals surface area (Å²) < 4.78 is 26.3. The number of nitro groups is 1. The van der Waals surface area contributed by atoms with Crippen LogP contribution in [0.3, 0.4) is 0 Å². The van der Waals surface area contributed by atoms with Crippen molar-refractivity contribution in [2.24, 2.45) is 0 Å². The Morgan fingerprint density at radius 3 is 2.81 bits per heavy atom. The molecule has 1 aromatic rings. The van der Waals surface area contributed by atoms with Crippen molar-refractivity contribution in [3.8, 4) is 0 Å². The molecule has 1 aliphatic heterocycles. The maximum Gasteiger partial charge on any atom is 0.305 e. The van der Waals surface area contributed by atoms with Crippen LogP contribution in [0.5, 0.6) is 0 Å². The second kappa shape index (κ2) is 6.02. The minimum Gasteiger partial charge on any atom is -0.481 e. The number of aliphatic carboxylic acids is 1. The number of hydrogen-bond acceptors (Lipinski definition) is 4. The number of carbonyl (C=O) groups is 1. The average Bonchev–Trinajstić information content (AvgIpc) is 2.84. The minimum atomic E-state index is -2.86. The summed E-state index contributed by atoms with van der Waals surface area (Å²) in [6.07, 6.45) is -1.69. The molecule has 2 rings (SSSR count). The van der Waals surface area contributed by atoms with Crippen LogP contribution in [0.2, 0.25) is 0 Å². The van der Waals surface area contributed by atoms with Gasteiger partial charge in [0.1, 0.15) is 0 Å². The fourth-order valence-electron chi connectivity index (χ4n) is 2.66.